The highest BCUT2D eigenvalue weighted by Gasteiger charge is 2.51. The molecule has 2 rings (SSSR count). The van der Waals surface area contributed by atoms with Gasteiger partial charge >= 0.3 is 0 Å². The summed E-state index contributed by atoms with van der Waals surface area (Å²) in [6.45, 7) is 25.8. The van der Waals surface area contributed by atoms with Gasteiger partial charge in [-0.25, -0.2) is 13.6 Å². The number of nitro groups is 1. The number of ether oxygens (including phenoxy) is 1. The molecule has 0 bridgehead atoms. The molecule has 1 aromatic rings. The fraction of sp³-hybridized carbons (Fsp3) is 0.760. The highest BCUT2D eigenvalue weighted by Crippen LogP contribution is 2.35. The van der Waals surface area contributed by atoms with Crippen LogP contribution in [-0.4, -0.2) is 90.3 Å². The maximum absolute atomic E-state index is 11.9. The predicted molar refractivity (Wildman–Crippen MR) is 176 cm³/mol. The van der Waals surface area contributed by atoms with Crippen LogP contribution >= 0.6 is 0 Å². The molecular weight excluding hydrogens is 631 g/mol. The molecule has 0 spiro atoms. The fourth-order valence-corrected chi connectivity index (χ4v) is 8.95. The van der Waals surface area contributed by atoms with E-state index in [1.165, 1.54) is 12.1 Å². The van der Waals surface area contributed by atoms with Gasteiger partial charge in [0, 0.05) is 12.6 Å². The average molecular weight is 682 g/mol. The number of hydrogen-bond acceptors (Lipinski definition) is 10. The van der Waals surface area contributed by atoms with Crippen molar-refractivity contribution in [1.82, 2.24) is 0 Å². The number of sulfonamides is 1. The summed E-state index contributed by atoms with van der Waals surface area (Å²) in [4.78, 5) is 10.9. The molecule has 1 aliphatic rings. The van der Waals surface area contributed by atoms with E-state index in [-0.39, 0.29) is 17.1 Å². The lowest BCUT2D eigenvalue weighted by molar-refractivity contribution is -0.384. The van der Waals surface area contributed by atoms with Gasteiger partial charge < -0.3 is 27.8 Å². The number of rotatable bonds is 14. The van der Waals surface area contributed by atoms with E-state index in [9.17, 15) is 18.5 Å². The normalized spacial score (nSPS) is 24.5. The van der Waals surface area contributed by atoms with Gasteiger partial charge in [-0.15, -0.1) is 0 Å². The van der Waals surface area contributed by atoms with Gasteiger partial charge in [0.2, 0.25) is 10.0 Å². The second-order valence-electron chi connectivity index (χ2n) is 14.6. The molecule has 12 nitrogen and oxygen atoms in total. The van der Waals surface area contributed by atoms with Crippen molar-refractivity contribution in [3.63, 3.8) is 0 Å². The van der Waals surface area contributed by atoms with Gasteiger partial charge in [0.15, 0.2) is 33.3 Å². The molecule has 0 radical (unpaired) electrons. The zero-order chi connectivity index (χ0) is 32.5. The highest BCUT2D eigenvalue weighted by atomic mass is 32.2. The summed E-state index contributed by atoms with van der Waals surface area (Å²) in [5, 5.41) is 20.2. The first-order valence-electron chi connectivity index (χ1n) is 14.1. The summed E-state index contributed by atoms with van der Waals surface area (Å²) in [6, 6.07) is 3.53. The highest BCUT2D eigenvalue weighted by molar-refractivity contribution is 7.89. The molecule has 0 aromatic heterocycles. The summed E-state index contributed by atoms with van der Waals surface area (Å²) < 4.78 is 57.1. The predicted octanol–water partition coefficient (Wildman–Crippen LogP) is 4.93. The standard InChI is InChI=1S/C25H51N3O9SSi4/c1-39(2,3)33-17-22-24(36-41(7,8)9)25(37-42(10,11)12)23(35-40(4,5)6)21(34-22)16-27-19-14-13-18(38(26,31)32)15-20(19)28(29)30/h13-15,21-25,27H,16-17H2,1-12H3,(H2,26,31,32)/t21-,22+,23-,24+,25+/m0/s1. The zero-order valence-electron chi connectivity index (χ0n) is 27.1. The van der Waals surface area contributed by atoms with Crippen LogP contribution in [0.1, 0.15) is 0 Å². The van der Waals surface area contributed by atoms with Gasteiger partial charge in [-0.1, -0.05) is 0 Å². The van der Waals surface area contributed by atoms with Crippen LogP contribution in [-0.2, 0) is 32.5 Å². The number of primary sulfonamides is 1. The number of nitro benzene ring substituents is 1. The Labute approximate surface area is 255 Å². The molecule has 17 heteroatoms. The number of nitrogens with zero attached hydrogens (tertiary/aromatic N) is 1. The molecular formula is C25H51N3O9SSi4. The minimum Gasteiger partial charge on any atom is -0.415 e. The fourth-order valence-electron chi connectivity index (χ4n) is 4.46. The van der Waals surface area contributed by atoms with Crippen LogP contribution in [0.15, 0.2) is 23.1 Å². The zero-order valence-corrected chi connectivity index (χ0v) is 32.0. The topological polar surface area (TPSA) is 161 Å². The van der Waals surface area contributed by atoms with Gasteiger partial charge in [-0.2, -0.15) is 0 Å². The van der Waals surface area contributed by atoms with E-state index in [0.29, 0.717) is 6.61 Å². The van der Waals surface area contributed by atoms with Crippen LogP contribution in [0, 0.1) is 10.1 Å². The molecule has 42 heavy (non-hydrogen) atoms. The molecule has 0 amide bonds. The van der Waals surface area contributed by atoms with Crippen LogP contribution in [0.3, 0.4) is 0 Å². The van der Waals surface area contributed by atoms with E-state index in [0.717, 1.165) is 6.07 Å². The van der Waals surface area contributed by atoms with Gasteiger partial charge in [-0.05, 0) is 90.7 Å². The Bertz CT molecular complexity index is 1200. The van der Waals surface area contributed by atoms with Crippen molar-refractivity contribution in [3.8, 4) is 0 Å². The first kappa shape index (κ1) is 37.2. The largest absolute Gasteiger partial charge is 0.415 e. The van der Waals surface area contributed by atoms with Crippen molar-refractivity contribution in [2.24, 2.45) is 5.14 Å². The molecule has 0 aliphatic carbocycles. The van der Waals surface area contributed by atoms with Crippen LogP contribution in [0.4, 0.5) is 11.4 Å². The molecule has 1 fully saturated rings. The van der Waals surface area contributed by atoms with Crippen LogP contribution < -0.4 is 10.5 Å². The van der Waals surface area contributed by atoms with Crippen molar-refractivity contribution >= 4 is 54.7 Å². The number of anilines is 1. The summed E-state index contributed by atoms with van der Waals surface area (Å²) in [7, 11) is -12.4. The molecule has 1 heterocycles. The third-order valence-electron chi connectivity index (χ3n) is 5.87. The lowest BCUT2D eigenvalue weighted by atomic mass is 9.95. The van der Waals surface area contributed by atoms with Gasteiger partial charge in [-0.3, -0.25) is 10.1 Å². The van der Waals surface area contributed by atoms with E-state index in [2.05, 4.69) is 83.9 Å². The van der Waals surface area contributed by atoms with Gasteiger partial charge in [0.1, 0.15) is 36.2 Å². The van der Waals surface area contributed by atoms with Gasteiger partial charge in [0.25, 0.3) is 5.69 Å². The summed E-state index contributed by atoms with van der Waals surface area (Å²) in [5.41, 5.74) is -0.269. The molecule has 1 aliphatic heterocycles. The Morgan fingerprint density at radius 1 is 0.833 bits per heavy atom. The first-order valence-corrected chi connectivity index (χ1v) is 29.3. The Kier molecular flexibility index (Phi) is 12.0. The second-order valence-corrected chi connectivity index (χ2v) is 34.0. The third kappa shape index (κ3) is 12.2. The van der Waals surface area contributed by atoms with Crippen molar-refractivity contribution in [2.45, 2.75) is 114 Å². The maximum atomic E-state index is 11.9. The van der Waals surface area contributed by atoms with E-state index < -0.39 is 84.4 Å². The summed E-state index contributed by atoms with van der Waals surface area (Å²) in [5.74, 6) is 0. The van der Waals surface area contributed by atoms with E-state index >= 15 is 0 Å². The number of nitrogens with two attached hydrogens (primary N) is 1. The first-order chi connectivity index (χ1) is 18.8. The van der Waals surface area contributed by atoms with E-state index in [4.69, 9.17) is 27.6 Å². The summed E-state index contributed by atoms with van der Waals surface area (Å²) in [6.07, 6.45) is -2.44. The van der Waals surface area contributed by atoms with Crippen molar-refractivity contribution in [3.05, 3.63) is 28.3 Å². The van der Waals surface area contributed by atoms with Crippen molar-refractivity contribution in [2.75, 3.05) is 18.5 Å². The lowest BCUT2D eigenvalue weighted by Crippen LogP contribution is -2.67. The lowest BCUT2D eigenvalue weighted by Gasteiger charge is -2.51. The van der Waals surface area contributed by atoms with Crippen LogP contribution in [0.2, 0.25) is 78.6 Å². The molecule has 0 saturated carbocycles. The SMILES string of the molecule is C[Si](C)(C)OC[C@H]1O[C@@H](CNc2ccc(S(N)(=O)=O)cc2[N+](=O)[O-])[C@H](O[Si](C)(C)C)[C@@H](O[Si](C)(C)C)[C@@H]1O[Si](C)(C)C. The number of hydrogen-bond donors (Lipinski definition) is 2. The van der Waals surface area contributed by atoms with Crippen LogP contribution in [0.5, 0.6) is 0 Å². The molecule has 0 unspecified atom stereocenters. The molecule has 5 atom stereocenters. The third-order valence-corrected chi connectivity index (χ3v) is 10.7. The van der Waals surface area contributed by atoms with E-state index in [1.807, 2.05) is 0 Å². The quantitative estimate of drug-likeness (QED) is 0.156. The van der Waals surface area contributed by atoms with Gasteiger partial charge in [0.05, 0.1) is 16.4 Å². The minimum atomic E-state index is -4.12. The Morgan fingerprint density at radius 3 is 1.74 bits per heavy atom. The maximum Gasteiger partial charge on any atom is 0.293 e. The number of nitrogens with one attached hydrogen (secondary N) is 1. The van der Waals surface area contributed by atoms with Crippen LogP contribution in [0.25, 0.3) is 0 Å². The smallest absolute Gasteiger partial charge is 0.293 e. The van der Waals surface area contributed by atoms with E-state index in [1.54, 1.807) is 0 Å². The Hall–Kier alpha value is -1.00. The second kappa shape index (κ2) is 13.6. The molecule has 3 N–H and O–H groups in total. The monoisotopic (exact) mass is 681 g/mol. The van der Waals surface area contributed by atoms with Crippen molar-refractivity contribution < 1.29 is 35.8 Å². The van der Waals surface area contributed by atoms with Crippen molar-refractivity contribution in [1.29, 1.82) is 0 Å². The minimum absolute atomic E-state index is 0.138. The Morgan fingerprint density at radius 2 is 1.31 bits per heavy atom. The number of benzene rings is 1. The molecule has 242 valence electrons. The summed E-state index contributed by atoms with van der Waals surface area (Å²) >= 11 is 0. The Balaban J connectivity index is 2.59. The molecule has 1 aromatic carbocycles. The molecule has 1 saturated heterocycles. The average Bonchev–Trinajstić information content (AvgIpc) is 2.75.